The van der Waals surface area contributed by atoms with Crippen LogP contribution in [0.1, 0.15) is 46.0 Å². The molecule has 2 N–H and O–H groups in total. The predicted molar refractivity (Wildman–Crippen MR) is 62.0 cm³/mol. The molecule has 1 rings (SSSR count). The fourth-order valence-electron chi connectivity index (χ4n) is 2.26. The number of aliphatic hydroxyl groups is 1. The van der Waals surface area contributed by atoms with Crippen LogP contribution >= 0.6 is 0 Å². The van der Waals surface area contributed by atoms with Gasteiger partial charge in [0.15, 0.2) is 0 Å². The Kier molecular flexibility index (Phi) is 6.22. The lowest BCUT2D eigenvalue weighted by atomic mass is 10.1. The third-order valence-electron chi connectivity index (χ3n) is 3.13. The van der Waals surface area contributed by atoms with Gasteiger partial charge < -0.3 is 15.2 Å². The Labute approximate surface area is 93.2 Å². The number of nitrogens with one attached hydrogen (secondary N) is 1. The number of ether oxygens (including phenoxy) is 1. The van der Waals surface area contributed by atoms with E-state index in [4.69, 9.17) is 9.84 Å². The molecule has 3 atom stereocenters. The number of hydrogen-bond acceptors (Lipinski definition) is 3. The van der Waals surface area contributed by atoms with Gasteiger partial charge in [0, 0.05) is 25.3 Å². The van der Waals surface area contributed by atoms with Crippen molar-refractivity contribution in [1.82, 2.24) is 5.32 Å². The minimum atomic E-state index is 0.276. The van der Waals surface area contributed by atoms with E-state index in [0.29, 0.717) is 18.2 Å². The molecule has 3 heteroatoms. The molecule has 0 aromatic heterocycles. The minimum absolute atomic E-state index is 0.276. The van der Waals surface area contributed by atoms with Crippen molar-refractivity contribution in [2.24, 2.45) is 0 Å². The van der Waals surface area contributed by atoms with Gasteiger partial charge in [0.2, 0.25) is 0 Å². The van der Waals surface area contributed by atoms with Crippen LogP contribution in [0.3, 0.4) is 0 Å². The van der Waals surface area contributed by atoms with E-state index in [2.05, 4.69) is 19.2 Å². The second kappa shape index (κ2) is 7.20. The van der Waals surface area contributed by atoms with Crippen LogP contribution in [-0.4, -0.2) is 36.5 Å². The number of aliphatic hydroxyl groups excluding tert-OH is 1. The van der Waals surface area contributed by atoms with Crippen molar-refractivity contribution >= 4 is 0 Å². The zero-order chi connectivity index (χ0) is 11.1. The van der Waals surface area contributed by atoms with Crippen LogP contribution in [0.25, 0.3) is 0 Å². The van der Waals surface area contributed by atoms with Gasteiger partial charge in [0.05, 0.1) is 6.10 Å². The monoisotopic (exact) mass is 215 g/mol. The maximum Gasteiger partial charge on any atom is 0.0590 e. The first kappa shape index (κ1) is 12.9. The highest BCUT2D eigenvalue weighted by atomic mass is 16.5. The predicted octanol–water partition coefficient (Wildman–Crippen LogP) is 1.69. The second-order valence-corrected chi connectivity index (χ2v) is 4.56. The van der Waals surface area contributed by atoms with Crippen LogP contribution in [0, 0.1) is 0 Å². The Morgan fingerprint density at radius 1 is 1.53 bits per heavy atom. The van der Waals surface area contributed by atoms with Crippen LogP contribution in [0.4, 0.5) is 0 Å². The van der Waals surface area contributed by atoms with Crippen molar-refractivity contribution in [2.45, 2.75) is 64.1 Å². The summed E-state index contributed by atoms with van der Waals surface area (Å²) in [6.45, 7) is 5.58. The van der Waals surface area contributed by atoms with Crippen molar-refractivity contribution in [3.8, 4) is 0 Å². The highest BCUT2D eigenvalue weighted by Gasteiger charge is 2.19. The molecule has 1 aliphatic rings. The number of rotatable bonds is 7. The fourth-order valence-corrected chi connectivity index (χ4v) is 2.26. The molecule has 0 amide bonds. The van der Waals surface area contributed by atoms with Crippen molar-refractivity contribution in [3.63, 3.8) is 0 Å². The zero-order valence-corrected chi connectivity index (χ0v) is 10.0. The molecule has 15 heavy (non-hydrogen) atoms. The maximum absolute atomic E-state index is 8.90. The van der Waals surface area contributed by atoms with Gasteiger partial charge in [-0.2, -0.15) is 0 Å². The van der Waals surface area contributed by atoms with Gasteiger partial charge in [0.1, 0.15) is 0 Å². The molecule has 0 aliphatic carbocycles. The lowest BCUT2D eigenvalue weighted by molar-refractivity contribution is 0.0943. The first-order chi connectivity index (χ1) is 7.26. The topological polar surface area (TPSA) is 41.5 Å². The van der Waals surface area contributed by atoms with E-state index >= 15 is 0 Å². The van der Waals surface area contributed by atoms with Gasteiger partial charge in [-0.25, -0.2) is 0 Å². The summed E-state index contributed by atoms with van der Waals surface area (Å²) in [6, 6.07) is 0.941. The van der Waals surface area contributed by atoms with E-state index in [0.717, 1.165) is 25.9 Å². The van der Waals surface area contributed by atoms with Gasteiger partial charge in [-0.1, -0.05) is 6.92 Å². The van der Waals surface area contributed by atoms with Crippen LogP contribution < -0.4 is 5.32 Å². The third-order valence-corrected chi connectivity index (χ3v) is 3.13. The molecule has 0 aromatic rings. The SMILES string of the molecule is CCC(CCO)NC(C)CC1CCCO1. The highest BCUT2D eigenvalue weighted by molar-refractivity contribution is 4.75. The van der Waals surface area contributed by atoms with Gasteiger partial charge in [-0.3, -0.25) is 0 Å². The summed E-state index contributed by atoms with van der Waals surface area (Å²) in [5, 5.41) is 12.5. The zero-order valence-electron chi connectivity index (χ0n) is 10.0. The lowest BCUT2D eigenvalue weighted by Gasteiger charge is -2.23. The van der Waals surface area contributed by atoms with Crippen molar-refractivity contribution in [2.75, 3.05) is 13.2 Å². The van der Waals surface area contributed by atoms with E-state index in [1.54, 1.807) is 0 Å². The average molecular weight is 215 g/mol. The quantitative estimate of drug-likeness (QED) is 0.679. The largest absolute Gasteiger partial charge is 0.396 e. The summed E-state index contributed by atoms with van der Waals surface area (Å²) >= 11 is 0. The van der Waals surface area contributed by atoms with E-state index in [9.17, 15) is 0 Å². The molecular weight excluding hydrogens is 190 g/mol. The van der Waals surface area contributed by atoms with E-state index in [-0.39, 0.29) is 6.61 Å². The van der Waals surface area contributed by atoms with Crippen LogP contribution in [0.5, 0.6) is 0 Å². The normalized spacial score (nSPS) is 25.4. The minimum Gasteiger partial charge on any atom is -0.396 e. The molecule has 1 fully saturated rings. The molecule has 1 heterocycles. The van der Waals surface area contributed by atoms with E-state index < -0.39 is 0 Å². The Balaban J connectivity index is 2.17. The maximum atomic E-state index is 8.90. The van der Waals surface area contributed by atoms with Gasteiger partial charge in [-0.15, -0.1) is 0 Å². The highest BCUT2D eigenvalue weighted by Crippen LogP contribution is 2.17. The first-order valence-corrected chi connectivity index (χ1v) is 6.24. The average Bonchev–Trinajstić information content (AvgIpc) is 2.69. The summed E-state index contributed by atoms with van der Waals surface area (Å²) in [4.78, 5) is 0. The summed E-state index contributed by atoms with van der Waals surface area (Å²) in [5.41, 5.74) is 0. The summed E-state index contributed by atoms with van der Waals surface area (Å²) < 4.78 is 5.61. The molecule has 0 radical (unpaired) electrons. The lowest BCUT2D eigenvalue weighted by Crippen LogP contribution is -2.38. The molecular formula is C12H25NO2. The Bertz CT molecular complexity index is 158. The standard InChI is InChI=1S/C12H25NO2/c1-3-11(6-7-14)13-10(2)9-12-5-4-8-15-12/h10-14H,3-9H2,1-2H3. The van der Waals surface area contributed by atoms with Crippen molar-refractivity contribution < 1.29 is 9.84 Å². The van der Waals surface area contributed by atoms with Gasteiger partial charge in [-0.05, 0) is 39.0 Å². The fraction of sp³-hybridized carbons (Fsp3) is 1.00. The van der Waals surface area contributed by atoms with Crippen molar-refractivity contribution in [3.05, 3.63) is 0 Å². The Morgan fingerprint density at radius 3 is 2.87 bits per heavy atom. The Hall–Kier alpha value is -0.120. The summed E-state index contributed by atoms with van der Waals surface area (Å²) in [6.07, 6.45) is 5.91. The molecule has 1 aliphatic heterocycles. The number of hydrogen-bond donors (Lipinski definition) is 2. The molecule has 90 valence electrons. The second-order valence-electron chi connectivity index (χ2n) is 4.56. The van der Waals surface area contributed by atoms with E-state index in [1.165, 1.54) is 12.8 Å². The molecule has 1 saturated heterocycles. The molecule has 0 bridgehead atoms. The first-order valence-electron chi connectivity index (χ1n) is 6.24. The van der Waals surface area contributed by atoms with Crippen molar-refractivity contribution in [1.29, 1.82) is 0 Å². The molecule has 3 unspecified atom stereocenters. The summed E-state index contributed by atoms with van der Waals surface area (Å²) in [5.74, 6) is 0. The van der Waals surface area contributed by atoms with Crippen LogP contribution in [0.15, 0.2) is 0 Å². The molecule has 3 nitrogen and oxygen atoms in total. The smallest absolute Gasteiger partial charge is 0.0590 e. The summed E-state index contributed by atoms with van der Waals surface area (Å²) in [7, 11) is 0. The van der Waals surface area contributed by atoms with E-state index in [1.807, 2.05) is 0 Å². The van der Waals surface area contributed by atoms with Gasteiger partial charge >= 0.3 is 0 Å². The van der Waals surface area contributed by atoms with Gasteiger partial charge in [0.25, 0.3) is 0 Å². The third kappa shape index (κ3) is 4.96. The molecule has 0 saturated carbocycles. The van der Waals surface area contributed by atoms with Crippen LogP contribution in [0.2, 0.25) is 0 Å². The van der Waals surface area contributed by atoms with Crippen LogP contribution in [-0.2, 0) is 4.74 Å². The molecule has 0 spiro atoms. The Morgan fingerprint density at radius 2 is 2.33 bits per heavy atom. The molecule has 0 aromatic carbocycles.